The van der Waals surface area contributed by atoms with Crippen LogP contribution in [-0.4, -0.2) is 58.6 Å². The minimum absolute atomic E-state index is 0.0280. The van der Waals surface area contributed by atoms with Crippen molar-refractivity contribution in [2.75, 3.05) is 51.3 Å². The summed E-state index contributed by atoms with van der Waals surface area (Å²) in [5.41, 5.74) is 1.70. The van der Waals surface area contributed by atoms with Crippen molar-refractivity contribution < 1.29 is 14.3 Å². The molecule has 0 saturated carbocycles. The first-order valence-corrected chi connectivity index (χ1v) is 11.2. The van der Waals surface area contributed by atoms with Crippen LogP contribution in [0.3, 0.4) is 0 Å². The monoisotopic (exact) mass is 482 g/mol. The summed E-state index contributed by atoms with van der Waals surface area (Å²) in [7, 11) is 1.85. The highest BCUT2D eigenvalue weighted by Gasteiger charge is 2.25. The van der Waals surface area contributed by atoms with Gasteiger partial charge in [-0.2, -0.15) is 5.26 Å². The van der Waals surface area contributed by atoms with Crippen LogP contribution in [0.25, 0.3) is 11.1 Å². The van der Waals surface area contributed by atoms with E-state index in [2.05, 4.69) is 21.6 Å². The number of benzene rings is 1. The molecule has 1 amide bonds. The zero-order valence-electron chi connectivity index (χ0n) is 17.3. The molecule has 31 heavy (non-hydrogen) atoms. The maximum Gasteiger partial charge on any atom is 0.216 e. The average molecular weight is 483 g/mol. The van der Waals surface area contributed by atoms with E-state index < -0.39 is 0 Å². The lowest BCUT2D eigenvalue weighted by molar-refractivity contribution is -0.118. The Morgan fingerprint density at radius 2 is 2.03 bits per heavy atom. The quantitative estimate of drug-likeness (QED) is 0.482. The van der Waals surface area contributed by atoms with E-state index in [1.807, 2.05) is 7.05 Å². The fourth-order valence-corrected chi connectivity index (χ4v) is 4.57. The first-order chi connectivity index (χ1) is 14.9. The van der Waals surface area contributed by atoms with Gasteiger partial charge in [0.1, 0.15) is 11.1 Å². The molecule has 10 heteroatoms. The number of likely N-dealkylation sites (N-methyl/N-ethyl adjacent to an activating group) is 1. The Bertz CT molecular complexity index is 953. The predicted molar refractivity (Wildman–Crippen MR) is 126 cm³/mol. The average Bonchev–Trinajstić information content (AvgIpc) is 3.13. The third-order valence-corrected chi connectivity index (χ3v) is 6.11. The highest BCUT2D eigenvalue weighted by molar-refractivity contribution is 7.18. The summed E-state index contributed by atoms with van der Waals surface area (Å²) in [4.78, 5) is 24.3. The van der Waals surface area contributed by atoms with Crippen molar-refractivity contribution in [3.63, 3.8) is 0 Å². The van der Waals surface area contributed by atoms with Crippen LogP contribution in [-0.2, 0) is 9.53 Å². The first kappa shape index (κ1) is 25.1. The highest BCUT2D eigenvalue weighted by Crippen LogP contribution is 2.43. The minimum Gasteiger partial charge on any atom is -0.378 e. The molecule has 1 aliphatic heterocycles. The molecule has 1 aromatic heterocycles. The molecule has 2 N–H and O–H groups in total. The van der Waals surface area contributed by atoms with Gasteiger partial charge in [-0.15, -0.1) is 11.3 Å². The predicted octanol–water partition coefficient (Wildman–Crippen LogP) is 3.58. The van der Waals surface area contributed by atoms with Gasteiger partial charge in [-0.3, -0.25) is 9.59 Å². The Morgan fingerprint density at radius 3 is 2.58 bits per heavy atom. The number of aldehydes is 1. The molecule has 1 fully saturated rings. The number of nitrogens with zero attached hydrogens (tertiary/aromatic N) is 2. The maximum absolute atomic E-state index is 11.5. The zero-order valence-corrected chi connectivity index (χ0v) is 19.7. The van der Waals surface area contributed by atoms with Crippen LogP contribution in [0, 0.1) is 11.3 Å². The number of carbonyl (C=O) groups excluding carboxylic acids is 2. The normalized spacial score (nSPS) is 13.1. The first-order valence-electron chi connectivity index (χ1n) is 9.62. The topological polar surface area (TPSA) is 94.5 Å². The molecule has 0 bridgehead atoms. The fourth-order valence-electron chi connectivity index (χ4n) is 2.94. The number of nitrogens with one attached hydrogen (secondary N) is 2. The number of anilines is 1. The number of nitriles is 1. The summed E-state index contributed by atoms with van der Waals surface area (Å²) < 4.78 is 5.35. The van der Waals surface area contributed by atoms with E-state index in [4.69, 9.17) is 27.9 Å². The van der Waals surface area contributed by atoms with Crippen molar-refractivity contribution >= 4 is 51.7 Å². The van der Waals surface area contributed by atoms with Crippen molar-refractivity contribution in [3.05, 3.63) is 38.7 Å². The van der Waals surface area contributed by atoms with Gasteiger partial charge in [0.05, 0.1) is 23.7 Å². The molecule has 3 rings (SSSR count). The summed E-state index contributed by atoms with van der Waals surface area (Å²) in [6.45, 7) is 5.66. The van der Waals surface area contributed by atoms with E-state index in [0.717, 1.165) is 17.8 Å². The van der Waals surface area contributed by atoms with Crippen LogP contribution in [0.5, 0.6) is 0 Å². The fraction of sp³-hybridized carbons (Fsp3) is 0.381. The number of thiophene rings is 1. The van der Waals surface area contributed by atoms with Crippen LogP contribution in [0.1, 0.15) is 22.2 Å². The third kappa shape index (κ3) is 6.92. The van der Waals surface area contributed by atoms with Crippen LogP contribution in [0.2, 0.25) is 10.0 Å². The second kappa shape index (κ2) is 12.6. The second-order valence-electron chi connectivity index (χ2n) is 6.56. The van der Waals surface area contributed by atoms with Crippen LogP contribution in [0.4, 0.5) is 5.00 Å². The Kier molecular flexibility index (Phi) is 10.2. The molecule has 0 atom stereocenters. The Hall–Kier alpha value is -2.15. The van der Waals surface area contributed by atoms with Gasteiger partial charge in [-0.1, -0.05) is 29.3 Å². The van der Waals surface area contributed by atoms with E-state index >= 15 is 0 Å². The van der Waals surface area contributed by atoms with Gasteiger partial charge < -0.3 is 20.3 Å². The van der Waals surface area contributed by atoms with Crippen molar-refractivity contribution in [1.82, 2.24) is 10.6 Å². The SMILES string of the molecule is CNCCNC(C)=O.N#Cc1c(N2CCOCC2)sc(C=O)c1-c1ccc(Cl)cc1Cl. The third-order valence-electron chi connectivity index (χ3n) is 4.38. The van der Waals surface area contributed by atoms with Crippen LogP contribution >= 0.6 is 34.5 Å². The number of hydrogen-bond donors (Lipinski definition) is 2. The lowest BCUT2D eigenvalue weighted by atomic mass is 10.0. The molecule has 1 saturated heterocycles. The van der Waals surface area contributed by atoms with E-state index in [0.29, 0.717) is 64.5 Å². The lowest BCUT2D eigenvalue weighted by Gasteiger charge is -2.27. The Balaban J connectivity index is 0.000000366. The number of carbonyl (C=O) groups is 2. The highest BCUT2D eigenvalue weighted by atomic mass is 35.5. The smallest absolute Gasteiger partial charge is 0.216 e. The van der Waals surface area contributed by atoms with Crippen LogP contribution in [0.15, 0.2) is 18.2 Å². The standard InChI is InChI=1S/C16H12Cl2N2O2S.C5H12N2O/c17-10-1-2-11(13(18)7-10)15-12(8-19)16(23-14(15)9-21)20-3-5-22-6-4-20;1-5(8)7-4-3-6-2/h1-2,7,9H,3-6H2;6H,3-4H2,1-2H3,(H,7,8). The number of amides is 1. The van der Waals surface area contributed by atoms with Crippen molar-refractivity contribution in [2.45, 2.75) is 6.92 Å². The molecule has 7 nitrogen and oxygen atoms in total. The van der Waals surface area contributed by atoms with Gasteiger partial charge in [-0.25, -0.2) is 0 Å². The lowest BCUT2D eigenvalue weighted by Crippen LogP contribution is -2.36. The van der Waals surface area contributed by atoms with Gasteiger partial charge in [0.15, 0.2) is 6.29 Å². The van der Waals surface area contributed by atoms with Gasteiger partial charge in [-0.05, 0) is 19.2 Å². The Morgan fingerprint density at radius 1 is 1.32 bits per heavy atom. The van der Waals surface area contributed by atoms with Crippen molar-refractivity contribution in [3.8, 4) is 17.2 Å². The van der Waals surface area contributed by atoms with E-state index in [9.17, 15) is 14.9 Å². The molecule has 1 aromatic carbocycles. The molecule has 1 aliphatic rings. The van der Waals surface area contributed by atoms with Crippen molar-refractivity contribution in [2.24, 2.45) is 0 Å². The molecule has 0 spiro atoms. The van der Waals surface area contributed by atoms with Gasteiger partial charge in [0.2, 0.25) is 5.91 Å². The molecular weight excluding hydrogens is 459 g/mol. The number of ether oxygens (including phenoxy) is 1. The van der Waals surface area contributed by atoms with Crippen LogP contribution < -0.4 is 15.5 Å². The molecule has 2 heterocycles. The van der Waals surface area contributed by atoms with Gasteiger partial charge >= 0.3 is 0 Å². The molecule has 166 valence electrons. The number of hydrogen-bond acceptors (Lipinski definition) is 7. The molecule has 0 unspecified atom stereocenters. The number of rotatable bonds is 6. The van der Waals surface area contributed by atoms with Crippen molar-refractivity contribution in [1.29, 1.82) is 5.26 Å². The second-order valence-corrected chi connectivity index (χ2v) is 8.44. The molecule has 0 radical (unpaired) electrons. The molecule has 2 aromatic rings. The van der Waals surface area contributed by atoms with E-state index in [1.54, 1.807) is 18.2 Å². The number of morpholine rings is 1. The molecule has 0 aliphatic carbocycles. The zero-order chi connectivity index (χ0) is 22.8. The molecular formula is C21H24Cl2N4O3S. The number of halogens is 2. The summed E-state index contributed by atoms with van der Waals surface area (Å²) in [5, 5.41) is 16.9. The summed E-state index contributed by atoms with van der Waals surface area (Å²) >= 11 is 13.5. The summed E-state index contributed by atoms with van der Waals surface area (Å²) in [6.07, 6.45) is 0.774. The van der Waals surface area contributed by atoms with Gasteiger partial charge in [0.25, 0.3) is 0 Å². The van der Waals surface area contributed by atoms with E-state index in [1.165, 1.54) is 18.3 Å². The summed E-state index contributed by atoms with van der Waals surface area (Å²) in [6, 6.07) is 7.28. The summed E-state index contributed by atoms with van der Waals surface area (Å²) in [5.74, 6) is 0.0280. The Labute approximate surface area is 195 Å². The van der Waals surface area contributed by atoms with E-state index in [-0.39, 0.29) is 5.91 Å². The maximum atomic E-state index is 11.5. The van der Waals surface area contributed by atoms with Gasteiger partial charge in [0, 0.05) is 54.3 Å². The largest absolute Gasteiger partial charge is 0.378 e. The minimum atomic E-state index is 0.0280.